The number of benzene rings is 1. The van der Waals surface area contributed by atoms with Crippen molar-refractivity contribution < 1.29 is 13.5 Å². The number of hydrogen-bond donors (Lipinski definition) is 2. The summed E-state index contributed by atoms with van der Waals surface area (Å²) in [5, 5.41) is 9.52. The number of nitrogens with one attached hydrogen (secondary N) is 1. The molecule has 0 spiro atoms. The highest BCUT2D eigenvalue weighted by molar-refractivity contribution is 9.10. The van der Waals surface area contributed by atoms with Gasteiger partial charge in [0.1, 0.15) is 0 Å². The third-order valence-electron chi connectivity index (χ3n) is 3.83. The molecule has 1 aromatic rings. The van der Waals surface area contributed by atoms with E-state index in [0.717, 1.165) is 23.7 Å². The Morgan fingerprint density at radius 2 is 1.82 bits per heavy atom. The van der Waals surface area contributed by atoms with E-state index in [1.54, 1.807) is 24.3 Å². The van der Waals surface area contributed by atoms with Gasteiger partial charge in [0.2, 0.25) is 10.0 Å². The summed E-state index contributed by atoms with van der Waals surface area (Å²) < 4.78 is 28.2. The van der Waals surface area contributed by atoms with E-state index in [1.165, 1.54) is 12.8 Å². The minimum absolute atomic E-state index is 0.104. The minimum Gasteiger partial charge on any atom is -0.395 e. The zero-order chi connectivity index (χ0) is 16.6. The number of halogens is 1. The summed E-state index contributed by atoms with van der Waals surface area (Å²) in [6, 6.07) is 6.03. The monoisotopic (exact) mass is 391 g/mol. The number of rotatable bonds is 10. The predicted octanol–water partition coefficient (Wildman–Crippen LogP) is 3.69. The molecule has 6 heteroatoms. The minimum atomic E-state index is -3.60. The smallest absolute Gasteiger partial charge is 0.240 e. The number of aliphatic hydroxyl groups excluding tert-OH is 1. The quantitative estimate of drug-likeness (QED) is 0.597. The third kappa shape index (κ3) is 6.36. The Kier molecular flexibility index (Phi) is 8.61. The molecule has 0 heterocycles. The second-order valence-electron chi connectivity index (χ2n) is 5.69. The van der Waals surface area contributed by atoms with E-state index < -0.39 is 16.1 Å². The van der Waals surface area contributed by atoms with Gasteiger partial charge in [-0.15, -0.1) is 0 Å². The molecule has 1 aromatic carbocycles. The standard InChI is InChI=1S/C16H26BrNO3S/c1-3-4-5-6-7-13(2)16(12-19)18-22(20,21)15-10-8-14(17)9-11-15/h8-11,13,16,18-19H,3-7,12H2,1-2H3/t13-,16?/m1/s1. The maximum Gasteiger partial charge on any atom is 0.240 e. The Balaban J connectivity index is 2.65. The number of unbranched alkanes of at least 4 members (excludes halogenated alkanes) is 3. The van der Waals surface area contributed by atoms with Gasteiger partial charge in [-0.05, 0) is 36.6 Å². The summed E-state index contributed by atoms with van der Waals surface area (Å²) >= 11 is 3.29. The van der Waals surface area contributed by atoms with Crippen molar-refractivity contribution in [3.63, 3.8) is 0 Å². The topological polar surface area (TPSA) is 66.4 Å². The van der Waals surface area contributed by atoms with Gasteiger partial charge in [0.25, 0.3) is 0 Å². The van der Waals surface area contributed by atoms with Crippen molar-refractivity contribution in [2.45, 2.75) is 56.9 Å². The molecule has 0 aliphatic carbocycles. The van der Waals surface area contributed by atoms with Crippen molar-refractivity contribution in [1.29, 1.82) is 0 Å². The summed E-state index contributed by atoms with van der Waals surface area (Å²) in [7, 11) is -3.60. The zero-order valence-corrected chi connectivity index (χ0v) is 15.7. The summed E-state index contributed by atoms with van der Waals surface area (Å²) in [6.45, 7) is 3.95. The lowest BCUT2D eigenvalue weighted by molar-refractivity contribution is 0.214. The Hall–Kier alpha value is -0.430. The molecule has 0 saturated carbocycles. The van der Waals surface area contributed by atoms with Crippen LogP contribution in [0.3, 0.4) is 0 Å². The molecule has 0 aliphatic heterocycles. The van der Waals surface area contributed by atoms with Gasteiger partial charge in [-0.25, -0.2) is 13.1 Å². The van der Waals surface area contributed by atoms with Crippen LogP contribution < -0.4 is 4.72 Å². The van der Waals surface area contributed by atoms with Crippen LogP contribution in [0.1, 0.15) is 46.0 Å². The third-order valence-corrected chi connectivity index (χ3v) is 5.86. The van der Waals surface area contributed by atoms with Crippen LogP contribution in [-0.2, 0) is 10.0 Å². The van der Waals surface area contributed by atoms with Gasteiger partial charge < -0.3 is 5.11 Å². The van der Waals surface area contributed by atoms with E-state index in [4.69, 9.17) is 0 Å². The molecule has 0 aliphatic rings. The second-order valence-corrected chi connectivity index (χ2v) is 8.32. The molecule has 2 N–H and O–H groups in total. The highest BCUT2D eigenvalue weighted by Crippen LogP contribution is 2.18. The maximum atomic E-state index is 12.4. The Morgan fingerprint density at radius 1 is 1.18 bits per heavy atom. The molecule has 4 nitrogen and oxygen atoms in total. The van der Waals surface area contributed by atoms with Crippen molar-refractivity contribution in [2.24, 2.45) is 5.92 Å². The lowest BCUT2D eigenvalue weighted by Gasteiger charge is -2.23. The van der Waals surface area contributed by atoms with Crippen molar-refractivity contribution in [3.05, 3.63) is 28.7 Å². The van der Waals surface area contributed by atoms with E-state index in [9.17, 15) is 13.5 Å². The first-order valence-corrected chi connectivity index (χ1v) is 10.1. The molecule has 0 saturated heterocycles. The normalized spacial score (nSPS) is 14.7. The largest absolute Gasteiger partial charge is 0.395 e. The van der Waals surface area contributed by atoms with Crippen molar-refractivity contribution in [1.82, 2.24) is 4.72 Å². The number of hydrogen-bond acceptors (Lipinski definition) is 3. The van der Waals surface area contributed by atoms with Crippen LogP contribution in [0.4, 0.5) is 0 Å². The lowest BCUT2D eigenvalue weighted by atomic mass is 9.96. The predicted molar refractivity (Wildman–Crippen MR) is 93.3 cm³/mol. The second kappa shape index (κ2) is 9.65. The lowest BCUT2D eigenvalue weighted by Crippen LogP contribution is -2.41. The van der Waals surface area contributed by atoms with Crippen LogP contribution >= 0.6 is 15.9 Å². The first-order chi connectivity index (χ1) is 10.4. The van der Waals surface area contributed by atoms with Gasteiger partial charge in [-0.2, -0.15) is 0 Å². The fraction of sp³-hybridized carbons (Fsp3) is 0.625. The highest BCUT2D eigenvalue weighted by Gasteiger charge is 2.23. The van der Waals surface area contributed by atoms with E-state index in [2.05, 4.69) is 27.6 Å². The fourth-order valence-corrected chi connectivity index (χ4v) is 3.91. The zero-order valence-electron chi connectivity index (χ0n) is 13.3. The summed E-state index contributed by atoms with van der Waals surface area (Å²) in [5.74, 6) is 0.104. The van der Waals surface area contributed by atoms with E-state index >= 15 is 0 Å². The van der Waals surface area contributed by atoms with Gasteiger partial charge >= 0.3 is 0 Å². The van der Waals surface area contributed by atoms with Crippen molar-refractivity contribution >= 4 is 26.0 Å². The first kappa shape index (κ1) is 19.6. The van der Waals surface area contributed by atoms with Crippen LogP contribution in [-0.4, -0.2) is 26.2 Å². The van der Waals surface area contributed by atoms with Crippen LogP contribution in [0.5, 0.6) is 0 Å². The highest BCUT2D eigenvalue weighted by atomic mass is 79.9. The Morgan fingerprint density at radius 3 is 2.36 bits per heavy atom. The molecule has 0 bridgehead atoms. The fourth-order valence-electron chi connectivity index (χ4n) is 2.31. The Bertz CT molecular complexity index is 531. The van der Waals surface area contributed by atoms with Gasteiger partial charge in [0.05, 0.1) is 11.5 Å². The number of aliphatic hydroxyl groups is 1. The molecule has 0 fully saturated rings. The molecule has 1 rings (SSSR count). The van der Waals surface area contributed by atoms with Crippen molar-refractivity contribution in [3.8, 4) is 0 Å². The molecule has 0 radical (unpaired) electrons. The molecule has 0 aromatic heterocycles. The molecule has 2 atom stereocenters. The average Bonchev–Trinajstić information content (AvgIpc) is 2.49. The SMILES string of the molecule is CCCCCC[C@@H](C)C(CO)NS(=O)(=O)c1ccc(Br)cc1. The van der Waals surface area contributed by atoms with Gasteiger partial charge in [0.15, 0.2) is 0 Å². The molecular weight excluding hydrogens is 366 g/mol. The van der Waals surface area contributed by atoms with Gasteiger partial charge in [0, 0.05) is 10.5 Å². The summed E-state index contributed by atoms with van der Waals surface area (Å²) in [6.07, 6.45) is 5.49. The first-order valence-electron chi connectivity index (χ1n) is 7.79. The summed E-state index contributed by atoms with van der Waals surface area (Å²) in [5.41, 5.74) is 0. The van der Waals surface area contributed by atoms with Crippen molar-refractivity contribution in [2.75, 3.05) is 6.61 Å². The van der Waals surface area contributed by atoms with Crippen LogP contribution in [0, 0.1) is 5.92 Å². The maximum absolute atomic E-state index is 12.4. The average molecular weight is 392 g/mol. The summed E-state index contributed by atoms with van der Waals surface area (Å²) in [4.78, 5) is 0.215. The number of sulfonamides is 1. The molecular formula is C16H26BrNO3S. The van der Waals surface area contributed by atoms with Gasteiger partial charge in [-0.1, -0.05) is 55.5 Å². The molecule has 22 heavy (non-hydrogen) atoms. The molecule has 0 amide bonds. The van der Waals surface area contributed by atoms with E-state index in [-0.39, 0.29) is 17.4 Å². The molecule has 126 valence electrons. The van der Waals surface area contributed by atoms with Gasteiger partial charge in [-0.3, -0.25) is 0 Å². The van der Waals surface area contributed by atoms with Crippen LogP contribution in [0.25, 0.3) is 0 Å². The Labute approximate surface area is 142 Å². The van der Waals surface area contributed by atoms with Crippen LogP contribution in [0.15, 0.2) is 33.6 Å². The van der Waals surface area contributed by atoms with E-state index in [0.29, 0.717) is 0 Å². The van der Waals surface area contributed by atoms with E-state index in [1.807, 2.05) is 6.92 Å². The van der Waals surface area contributed by atoms with Crippen LogP contribution in [0.2, 0.25) is 0 Å². The molecule has 1 unspecified atom stereocenters.